The summed E-state index contributed by atoms with van der Waals surface area (Å²) in [5, 5.41) is 67.0. The lowest BCUT2D eigenvalue weighted by atomic mass is 9.40. The second kappa shape index (κ2) is 9.23. The Bertz CT molecular complexity index is 1240. The van der Waals surface area contributed by atoms with E-state index in [1.165, 1.54) is 0 Å². The van der Waals surface area contributed by atoms with Gasteiger partial charge in [0.1, 0.15) is 30.5 Å². The molecular formula is C35H56O10. The average Bonchev–Trinajstić information content (AvgIpc) is 3.44. The van der Waals surface area contributed by atoms with Crippen LogP contribution in [0.1, 0.15) is 93.4 Å². The molecule has 8 rings (SSSR count). The van der Waals surface area contributed by atoms with Crippen molar-refractivity contribution in [2.24, 2.45) is 50.7 Å². The first-order chi connectivity index (χ1) is 20.8. The van der Waals surface area contributed by atoms with Gasteiger partial charge in [-0.3, -0.25) is 0 Å². The largest absolute Gasteiger partial charge is 0.393 e. The smallest absolute Gasteiger partial charge is 0.199 e. The van der Waals surface area contributed by atoms with Gasteiger partial charge in [0, 0.05) is 16.7 Å². The second-order valence-corrected chi connectivity index (χ2v) is 18.4. The third kappa shape index (κ3) is 3.51. The van der Waals surface area contributed by atoms with E-state index in [9.17, 15) is 30.6 Å². The first kappa shape index (κ1) is 31.8. The molecule has 5 aliphatic carbocycles. The number of aliphatic hydroxyl groups excluding tert-OH is 5. The number of aliphatic hydroxyl groups is 6. The van der Waals surface area contributed by atoms with Gasteiger partial charge in [0.05, 0.1) is 30.5 Å². The maximum absolute atomic E-state index is 12.7. The molecule has 5 saturated carbocycles. The van der Waals surface area contributed by atoms with Crippen molar-refractivity contribution >= 4 is 0 Å². The Balaban J connectivity index is 1.12. The summed E-state index contributed by atoms with van der Waals surface area (Å²) in [6.45, 7) is 14.5. The third-order valence-corrected chi connectivity index (χ3v) is 15.9. The molecule has 0 aromatic heterocycles. The van der Waals surface area contributed by atoms with Crippen LogP contribution in [-0.2, 0) is 18.9 Å². The minimum absolute atomic E-state index is 0.0126. The van der Waals surface area contributed by atoms with Crippen LogP contribution >= 0.6 is 0 Å². The van der Waals surface area contributed by atoms with Crippen molar-refractivity contribution in [3.63, 3.8) is 0 Å². The molecule has 0 aromatic rings. The quantitative estimate of drug-likeness (QED) is 0.254. The van der Waals surface area contributed by atoms with E-state index in [2.05, 4.69) is 34.6 Å². The van der Waals surface area contributed by atoms with Crippen molar-refractivity contribution in [3.8, 4) is 0 Å². The highest BCUT2D eigenvalue weighted by molar-refractivity contribution is 5.36. The van der Waals surface area contributed by atoms with Crippen molar-refractivity contribution in [1.82, 2.24) is 0 Å². The fraction of sp³-hybridized carbons (Fsp3) is 1.00. The van der Waals surface area contributed by atoms with Crippen LogP contribution in [0.15, 0.2) is 0 Å². The van der Waals surface area contributed by atoms with Crippen molar-refractivity contribution < 1.29 is 49.6 Å². The molecule has 8 aliphatic rings. The first-order valence-electron chi connectivity index (χ1n) is 17.6. The van der Waals surface area contributed by atoms with Gasteiger partial charge in [-0.2, -0.15) is 0 Å². The zero-order chi connectivity index (χ0) is 32.5. The van der Waals surface area contributed by atoms with Gasteiger partial charge in [-0.15, -0.1) is 0 Å². The highest BCUT2D eigenvalue weighted by Crippen LogP contribution is 2.90. The van der Waals surface area contributed by atoms with Gasteiger partial charge >= 0.3 is 0 Å². The average molecular weight is 637 g/mol. The number of rotatable bonds is 3. The molecule has 0 aromatic carbocycles. The minimum Gasteiger partial charge on any atom is -0.393 e. The van der Waals surface area contributed by atoms with Gasteiger partial charge < -0.3 is 49.6 Å². The molecule has 3 heterocycles. The van der Waals surface area contributed by atoms with Crippen LogP contribution in [0.25, 0.3) is 0 Å². The lowest BCUT2D eigenvalue weighted by molar-refractivity contribution is -0.304. The normalized spacial score (nSPS) is 62.7. The molecule has 3 saturated heterocycles. The maximum atomic E-state index is 12.7. The fourth-order valence-corrected chi connectivity index (χ4v) is 14.0. The summed E-state index contributed by atoms with van der Waals surface area (Å²) in [5.74, 6) is -0.820. The van der Waals surface area contributed by atoms with E-state index >= 15 is 0 Å². The van der Waals surface area contributed by atoms with E-state index in [1.807, 2.05) is 0 Å². The molecule has 3 spiro atoms. The molecule has 2 bridgehead atoms. The van der Waals surface area contributed by atoms with E-state index in [1.54, 1.807) is 13.8 Å². The van der Waals surface area contributed by atoms with Crippen LogP contribution in [0.4, 0.5) is 0 Å². The molecule has 0 amide bonds. The molecule has 6 N–H and O–H groups in total. The van der Waals surface area contributed by atoms with Crippen molar-refractivity contribution in [2.75, 3.05) is 6.61 Å². The van der Waals surface area contributed by atoms with Gasteiger partial charge in [0.25, 0.3) is 0 Å². The van der Waals surface area contributed by atoms with E-state index in [0.717, 1.165) is 38.5 Å². The van der Waals surface area contributed by atoms with Crippen molar-refractivity contribution in [1.29, 1.82) is 0 Å². The molecule has 12 unspecified atom stereocenters. The van der Waals surface area contributed by atoms with Gasteiger partial charge in [0.15, 0.2) is 12.1 Å². The second-order valence-electron chi connectivity index (χ2n) is 18.4. The molecule has 0 radical (unpaired) electrons. The Morgan fingerprint density at radius 3 is 2.22 bits per heavy atom. The predicted octanol–water partition coefficient (Wildman–Crippen LogP) is 2.09. The Labute approximate surface area is 266 Å². The minimum atomic E-state index is -1.32. The Morgan fingerprint density at radius 2 is 1.53 bits per heavy atom. The summed E-state index contributed by atoms with van der Waals surface area (Å²) in [4.78, 5) is 0. The SMILES string of the molecule is CC1CC2OC3(OC2C(C)(C)O)C(O)C2(C)C4CCC5C(C)(C)[C@@H](O[C@@H]6OC[C@@H](O)[C@H](O)[C@H]6O)CCC56CC46C[C@@H](O)C2(C)C13. The van der Waals surface area contributed by atoms with Crippen molar-refractivity contribution in [3.05, 3.63) is 0 Å². The topological polar surface area (TPSA) is 158 Å². The van der Waals surface area contributed by atoms with Crippen LogP contribution in [0.3, 0.4) is 0 Å². The lowest BCUT2D eigenvalue weighted by Crippen LogP contribution is -2.64. The van der Waals surface area contributed by atoms with Crippen LogP contribution in [-0.4, -0.2) is 104 Å². The zero-order valence-electron chi connectivity index (χ0n) is 28.0. The highest BCUT2D eigenvalue weighted by atomic mass is 16.8. The Kier molecular flexibility index (Phi) is 6.53. The maximum Gasteiger partial charge on any atom is 0.199 e. The van der Waals surface area contributed by atoms with Gasteiger partial charge in [0.2, 0.25) is 0 Å². The van der Waals surface area contributed by atoms with Crippen molar-refractivity contribution in [2.45, 2.75) is 160 Å². The standard InChI is InChI=1S/C35H56O10/c1-16-12-18-26(30(4,5)41)45-35(44-18)25(16)32(7)21(37)13-34-15-33(34)11-10-22(43-27-24(39)23(38)17(36)14-42-27)29(2,3)19(33)8-9-20(34)31(32,6)28(35)40/h16-28,36-41H,8-15H2,1-7H3/t16?,17-,18?,19?,20?,21-,22+,23+,24-,25?,26?,27+,28?,31?,32?,33?,34?,35?/m1/s1. The van der Waals surface area contributed by atoms with E-state index in [4.69, 9.17) is 18.9 Å². The fourth-order valence-electron chi connectivity index (χ4n) is 14.0. The third-order valence-electron chi connectivity index (χ3n) is 15.9. The summed E-state index contributed by atoms with van der Waals surface area (Å²) in [5.41, 5.74) is -2.78. The molecule has 45 heavy (non-hydrogen) atoms. The van der Waals surface area contributed by atoms with E-state index in [0.29, 0.717) is 12.3 Å². The van der Waals surface area contributed by atoms with Gasteiger partial charge in [-0.05, 0) is 92.8 Å². The molecule has 256 valence electrons. The number of ether oxygens (including phenoxy) is 4. The summed E-state index contributed by atoms with van der Waals surface area (Å²) >= 11 is 0. The van der Waals surface area contributed by atoms with Gasteiger partial charge in [-0.25, -0.2) is 0 Å². The molecule has 10 nitrogen and oxygen atoms in total. The van der Waals surface area contributed by atoms with E-state index < -0.39 is 65.1 Å². The van der Waals surface area contributed by atoms with Crippen LogP contribution < -0.4 is 0 Å². The summed E-state index contributed by atoms with van der Waals surface area (Å²) in [7, 11) is 0. The summed E-state index contributed by atoms with van der Waals surface area (Å²) in [6.07, 6.45) is -1.40. The number of hydrogen-bond acceptors (Lipinski definition) is 10. The summed E-state index contributed by atoms with van der Waals surface area (Å²) < 4.78 is 25.6. The molecule has 10 heteroatoms. The van der Waals surface area contributed by atoms with Crippen LogP contribution in [0.2, 0.25) is 0 Å². The molecule has 8 fully saturated rings. The Morgan fingerprint density at radius 1 is 0.844 bits per heavy atom. The predicted molar refractivity (Wildman–Crippen MR) is 160 cm³/mol. The lowest BCUT2D eigenvalue weighted by Gasteiger charge is -2.65. The summed E-state index contributed by atoms with van der Waals surface area (Å²) in [6, 6.07) is 0. The molecule has 18 atom stereocenters. The highest BCUT2D eigenvalue weighted by Gasteiger charge is 2.89. The van der Waals surface area contributed by atoms with E-state index in [-0.39, 0.29) is 52.8 Å². The number of fused-ring (bicyclic) bond motifs is 4. The van der Waals surface area contributed by atoms with Crippen LogP contribution in [0, 0.1) is 50.7 Å². The van der Waals surface area contributed by atoms with Crippen LogP contribution in [0.5, 0.6) is 0 Å². The number of hydrogen-bond donors (Lipinski definition) is 6. The zero-order valence-corrected chi connectivity index (χ0v) is 28.0. The molecule has 3 aliphatic heterocycles. The molecular weight excluding hydrogens is 580 g/mol. The Hall–Kier alpha value is -0.400. The monoisotopic (exact) mass is 636 g/mol. The van der Waals surface area contributed by atoms with Gasteiger partial charge in [-0.1, -0.05) is 34.6 Å². The first-order valence-corrected chi connectivity index (χ1v) is 17.6.